The molecule has 0 bridgehead atoms. The van der Waals surface area contributed by atoms with Gasteiger partial charge in [0.05, 0.1) is 0 Å². The summed E-state index contributed by atoms with van der Waals surface area (Å²) in [7, 11) is 0. The number of hydrogen-bond acceptors (Lipinski definition) is 4. The van der Waals surface area contributed by atoms with Crippen molar-refractivity contribution < 1.29 is 24.2 Å². The van der Waals surface area contributed by atoms with Gasteiger partial charge in [0.15, 0.2) is 0 Å². The van der Waals surface area contributed by atoms with Gasteiger partial charge >= 0.3 is 12.1 Å². The average Bonchev–Trinajstić information content (AvgIpc) is 3.11. The highest BCUT2D eigenvalue weighted by molar-refractivity contribution is 5.80. The van der Waals surface area contributed by atoms with E-state index >= 15 is 0 Å². The zero-order chi connectivity index (χ0) is 23.4. The number of carbonyl (C=O) groups excluding carboxylic acids is 2. The van der Waals surface area contributed by atoms with Crippen LogP contribution in [0.15, 0.2) is 48.5 Å². The van der Waals surface area contributed by atoms with Crippen LogP contribution >= 0.6 is 0 Å². The first-order valence-corrected chi connectivity index (χ1v) is 11.5. The van der Waals surface area contributed by atoms with Crippen molar-refractivity contribution in [1.29, 1.82) is 0 Å². The fourth-order valence-corrected chi connectivity index (χ4v) is 4.99. The largest absolute Gasteiger partial charge is 0.481 e. The molecule has 4 rings (SSSR count). The maximum Gasteiger partial charge on any atom is 0.407 e. The third-order valence-corrected chi connectivity index (χ3v) is 6.52. The van der Waals surface area contributed by atoms with E-state index < -0.39 is 12.1 Å². The third kappa shape index (κ3) is 5.35. The molecule has 33 heavy (non-hydrogen) atoms. The summed E-state index contributed by atoms with van der Waals surface area (Å²) in [6.07, 6.45) is 1.32. The molecule has 1 saturated heterocycles. The smallest absolute Gasteiger partial charge is 0.407 e. The number of hydrogen-bond donors (Lipinski definition) is 2. The van der Waals surface area contributed by atoms with Crippen molar-refractivity contribution in [3.05, 3.63) is 59.7 Å². The van der Waals surface area contributed by atoms with E-state index in [1.54, 1.807) is 11.8 Å². The van der Waals surface area contributed by atoms with E-state index in [9.17, 15) is 14.4 Å². The zero-order valence-corrected chi connectivity index (χ0v) is 18.8. The highest BCUT2D eigenvalue weighted by Crippen LogP contribution is 2.44. The summed E-state index contributed by atoms with van der Waals surface area (Å²) >= 11 is 0. The SMILES string of the molecule is C[C@H](CC(=O)N1CCCC(CC(=O)O)C1)NC(=O)OCC1c2ccccc2-c2ccccc21. The Morgan fingerprint density at radius 3 is 2.36 bits per heavy atom. The molecule has 7 nitrogen and oxygen atoms in total. The zero-order valence-electron chi connectivity index (χ0n) is 18.8. The van der Waals surface area contributed by atoms with Crippen LogP contribution in [-0.2, 0) is 14.3 Å². The molecule has 0 aromatic heterocycles. The molecule has 1 aliphatic carbocycles. The number of carbonyl (C=O) groups is 3. The number of alkyl carbamates (subject to hydrolysis) is 1. The molecule has 2 atom stereocenters. The summed E-state index contributed by atoms with van der Waals surface area (Å²) < 4.78 is 5.56. The van der Waals surface area contributed by atoms with Crippen molar-refractivity contribution in [3.63, 3.8) is 0 Å². The summed E-state index contributed by atoms with van der Waals surface area (Å²) in [6, 6.07) is 15.9. The number of piperidine rings is 1. The van der Waals surface area contributed by atoms with Crippen LogP contribution in [0.2, 0.25) is 0 Å². The number of rotatable bonds is 7. The molecule has 2 aliphatic rings. The topological polar surface area (TPSA) is 95.9 Å². The molecule has 0 saturated carbocycles. The van der Waals surface area contributed by atoms with Crippen molar-refractivity contribution in [2.24, 2.45) is 5.92 Å². The Labute approximate surface area is 193 Å². The van der Waals surface area contributed by atoms with E-state index in [-0.39, 0.29) is 43.2 Å². The van der Waals surface area contributed by atoms with Crippen LogP contribution in [-0.4, -0.2) is 53.7 Å². The first kappa shape index (κ1) is 22.8. The summed E-state index contributed by atoms with van der Waals surface area (Å²) in [5.41, 5.74) is 4.64. The van der Waals surface area contributed by atoms with E-state index in [0.29, 0.717) is 13.1 Å². The van der Waals surface area contributed by atoms with Crippen LogP contribution in [0, 0.1) is 5.92 Å². The van der Waals surface area contributed by atoms with Gasteiger partial charge < -0.3 is 20.1 Å². The lowest BCUT2D eigenvalue weighted by atomic mass is 9.94. The number of benzene rings is 2. The molecule has 1 heterocycles. The number of fused-ring (bicyclic) bond motifs is 3. The van der Waals surface area contributed by atoms with Crippen LogP contribution in [0.1, 0.15) is 49.7 Å². The Morgan fingerprint density at radius 2 is 1.73 bits per heavy atom. The highest BCUT2D eigenvalue weighted by Gasteiger charge is 2.30. The van der Waals surface area contributed by atoms with Crippen LogP contribution in [0.25, 0.3) is 11.1 Å². The maximum atomic E-state index is 12.6. The minimum atomic E-state index is -0.834. The summed E-state index contributed by atoms with van der Waals surface area (Å²) in [5, 5.41) is 11.8. The van der Waals surface area contributed by atoms with Gasteiger partial charge in [-0.2, -0.15) is 0 Å². The number of carboxylic acid groups (broad SMARTS) is 1. The van der Waals surface area contributed by atoms with Crippen LogP contribution in [0.5, 0.6) is 0 Å². The molecule has 174 valence electrons. The number of amides is 2. The number of carboxylic acids is 1. The molecule has 2 aromatic carbocycles. The van der Waals surface area contributed by atoms with E-state index in [1.165, 1.54) is 11.1 Å². The predicted molar refractivity (Wildman–Crippen MR) is 124 cm³/mol. The third-order valence-electron chi connectivity index (χ3n) is 6.52. The maximum absolute atomic E-state index is 12.6. The Kier molecular flexibility index (Phi) is 6.96. The lowest BCUT2D eigenvalue weighted by molar-refractivity contribution is -0.140. The molecular formula is C26H30N2O5. The van der Waals surface area contributed by atoms with Gasteiger partial charge in [-0.05, 0) is 47.9 Å². The molecule has 1 aliphatic heterocycles. The molecular weight excluding hydrogens is 420 g/mol. The van der Waals surface area contributed by atoms with Crippen LogP contribution in [0.4, 0.5) is 4.79 Å². The molecule has 2 amide bonds. The molecule has 7 heteroatoms. The monoisotopic (exact) mass is 450 g/mol. The second kappa shape index (κ2) is 10.1. The Hall–Kier alpha value is -3.35. The van der Waals surface area contributed by atoms with Crippen molar-refractivity contribution in [2.45, 2.75) is 44.6 Å². The molecule has 2 N–H and O–H groups in total. The summed E-state index contributed by atoms with van der Waals surface area (Å²) in [5.74, 6) is -0.929. The normalized spacial score (nSPS) is 18.2. The van der Waals surface area contributed by atoms with Gasteiger partial charge in [-0.25, -0.2) is 4.79 Å². The van der Waals surface area contributed by atoms with E-state index in [1.807, 2.05) is 24.3 Å². The number of aliphatic carboxylic acids is 1. The Bertz CT molecular complexity index is 991. The Balaban J connectivity index is 1.28. The van der Waals surface area contributed by atoms with Gasteiger partial charge in [0, 0.05) is 37.9 Å². The molecule has 1 unspecified atom stereocenters. The standard InChI is InChI=1S/C26H30N2O5/c1-17(13-24(29)28-12-6-7-18(15-28)14-25(30)31)27-26(32)33-16-23-21-10-4-2-8-19(21)20-9-3-5-11-22(20)23/h2-5,8-11,17-18,23H,6-7,12-16H2,1H3,(H,27,32)(H,30,31)/t17-,18?/m1/s1. The highest BCUT2D eigenvalue weighted by atomic mass is 16.5. The fourth-order valence-electron chi connectivity index (χ4n) is 4.99. The number of ether oxygens (including phenoxy) is 1. The fraction of sp³-hybridized carbons (Fsp3) is 0.423. The number of nitrogens with zero attached hydrogens (tertiary/aromatic N) is 1. The van der Waals surface area contributed by atoms with Crippen molar-refractivity contribution in [3.8, 4) is 11.1 Å². The van der Waals surface area contributed by atoms with E-state index in [0.717, 1.165) is 24.0 Å². The minimum absolute atomic E-state index is 0.00871. The second-order valence-electron chi connectivity index (χ2n) is 9.02. The van der Waals surface area contributed by atoms with Gasteiger partial charge in [0.2, 0.25) is 5.91 Å². The molecule has 0 spiro atoms. The minimum Gasteiger partial charge on any atom is -0.481 e. The average molecular weight is 451 g/mol. The lowest BCUT2D eigenvalue weighted by Crippen LogP contribution is -2.44. The first-order chi connectivity index (χ1) is 15.9. The Morgan fingerprint density at radius 1 is 1.09 bits per heavy atom. The second-order valence-corrected chi connectivity index (χ2v) is 9.02. The van der Waals surface area contributed by atoms with E-state index in [2.05, 4.69) is 29.6 Å². The first-order valence-electron chi connectivity index (χ1n) is 11.5. The predicted octanol–water partition coefficient (Wildman–Crippen LogP) is 4.02. The van der Waals surface area contributed by atoms with Gasteiger partial charge in [-0.1, -0.05) is 48.5 Å². The summed E-state index contributed by atoms with van der Waals surface area (Å²) in [4.78, 5) is 37.8. The molecule has 2 aromatic rings. The van der Waals surface area contributed by atoms with Gasteiger partial charge in [-0.3, -0.25) is 9.59 Å². The van der Waals surface area contributed by atoms with Crippen molar-refractivity contribution >= 4 is 18.0 Å². The number of likely N-dealkylation sites (tertiary alicyclic amines) is 1. The molecule has 1 fully saturated rings. The molecule has 0 radical (unpaired) electrons. The number of nitrogens with one attached hydrogen (secondary N) is 1. The van der Waals surface area contributed by atoms with Crippen molar-refractivity contribution in [2.75, 3.05) is 19.7 Å². The van der Waals surface area contributed by atoms with Gasteiger partial charge in [-0.15, -0.1) is 0 Å². The van der Waals surface area contributed by atoms with Crippen LogP contribution in [0.3, 0.4) is 0 Å². The van der Waals surface area contributed by atoms with Gasteiger partial charge in [0.25, 0.3) is 0 Å². The lowest BCUT2D eigenvalue weighted by Gasteiger charge is -2.32. The van der Waals surface area contributed by atoms with Crippen molar-refractivity contribution in [1.82, 2.24) is 10.2 Å². The van der Waals surface area contributed by atoms with E-state index in [4.69, 9.17) is 9.84 Å². The van der Waals surface area contributed by atoms with Crippen LogP contribution < -0.4 is 5.32 Å². The van der Waals surface area contributed by atoms with Gasteiger partial charge in [0.1, 0.15) is 6.61 Å². The quantitative estimate of drug-likeness (QED) is 0.664. The summed E-state index contributed by atoms with van der Waals surface area (Å²) in [6.45, 7) is 3.09.